The smallest absolute Gasteiger partial charge is 0.317 e. The Hall–Kier alpha value is -0.810. The van der Waals surface area contributed by atoms with Crippen molar-refractivity contribution in [3.8, 4) is 0 Å². The van der Waals surface area contributed by atoms with Gasteiger partial charge in [0.25, 0.3) is 0 Å². The van der Waals surface area contributed by atoms with Crippen molar-refractivity contribution < 1.29 is 9.90 Å². The summed E-state index contributed by atoms with van der Waals surface area (Å²) in [6.45, 7) is 4.22. The maximum absolute atomic E-state index is 11.8. The largest absolute Gasteiger partial charge is 0.395 e. The van der Waals surface area contributed by atoms with Gasteiger partial charge >= 0.3 is 6.03 Å². The van der Waals surface area contributed by atoms with Gasteiger partial charge in [-0.05, 0) is 19.3 Å². The summed E-state index contributed by atoms with van der Waals surface area (Å²) in [5.41, 5.74) is 0. The van der Waals surface area contributed by atoms with Gasteiger partial charge in [0.05, 0.1) is 6.61 Å². The Kier molecular flexibility index (Phi) is 4.01. The Morgan fingerprint density at radius 2 is 1.94 bits per heavy atom. The Bertz CT molecular complexity index is 235. The number of hydrogen-bond donors (Lipinski definition) is 2. The molecule has 0 aromatic heterocycles. The normalized spacial score (nSPS) is 22.9. The molecule has 1 heterocycles. The van der Waals surface area contributed by atoms with Gasteiger partial charge < -0.3 is 15.3 Å². The third-order valence-electron chi connectivity index (χ3n) is 3.51. The summed E-state index contributed by atoms with van der Waals surface area (Å²) in [6, 6.07) is 0.510. The molecule has 0 unspecified atom stereocenters. The van der Waals surface area contributed by atoms with Crippen molar-refractivity contribution in [2.45, 2.75) is 25.3 Å². The fourth-order valence-corrected chi connectivity index (χ4v) is 2.13. The van der Waals surface area contributed by atoms with Crippen LogP contribution >= 0.6 is 0 Å². The second kappa shape index (κ2) is 5.50. The van der Waals surface area contributed by atoms with Gasteiger partial charge in [-0.15, -0.1) is 0 Å². The van der Waals surface area contributed by atoms with Crippen LogP contribution < -0.4 is 5.32 Å². The first-order chi connectivity index (χ1) is 7.79. The number of aliphatic hydroxyl groups is 1. The Morgan fingerprint density at radius 1 is 1.25 bits per heavy atom. The van der Waals surface area contributed by atoms with Crippen LogP contribution in [0.4, 0.5) is 4.79 Å². The minimum Gasteiger partial charge on any atom is -0.395 e. The third kappa shape index (κ3) is 2.86. The van der Waals surface area contributed by atoms with Gasteiger partial charge in [0.1, 0.15) is 0 Å². The summed E-state index contributed by atoms with van der Waals surface area (Å²) >= 11 is 0. The molecule has 0 aromatic rings. The first-order valence-corrected chi connectivity index (χ1v) is 6.18. The molecule has 2 aliphatic rings. The van der Waals surface area contributed by atoms with Crippen molar-refractivity contribution >= 4 is 6.03 Å². The number of amides is 2. The number of aliphatic hydroxyl groups excluding tert-OH is 1. The zero-order chi connectivity index (χ0) is 11.4. The lowest BCUT2D eigenvalue weighted by Crippen LogP contribution is -2.54. The Morgan fingerprint density at radius 3 is 2.44 bits per heavy atom. The average molecular weight is 227 g/mol. The second-order valence-corrected chi connectivity index (χ2v) is 4.63. The summed E-state index contributed by atoms with van der Waals surface area (Å²) in [6.07, 6.45) is 3.52. The summed E-state index contributed by atoms with van der Waals surface area (Å²) in [5.74, 6) is 0. The van der Waals surface area contributed by atoms with Crippen molar-refractivity contribution in [1.82, 2.24) is 15.1 Å². The van der Waals surface area contributed by atoms with E-state index in [2.05, 4.69) is 10.2 Å². The number of carbonyl (C=O) groups excluding carboxylic acids is 1. The molecule has 1 saturated heterocycles. The quantitative estimate of drug-likeness (QED) is 0.705. The maximum Gasteiger partial charge on any atom is 0.317 e. The number of hydrogen-bond acceptors (Lipinski definition) is 3. The predicted octanol–water partition coefficient (Wildman–Crippen LogP) is -0.142. The lowest BCUT2D eigenvalue weighted by atomic mass is 9.93. The van der Waals surface area contributed by atoms with Gasteiger partial charge in [-0.2, -0.15) is 0 Å². The minimum atomic E-state index is 0.0911. The van der Waals surface area contributed by atoms with Gasteiger partial charge in [-0.25, -0.2) is 4.79 Å². The van der Waals surface area contributed by atoms with Crippen molar-refractivity contribution in [3.05, 3.63) is 0 Å². The number of nitrogens with zero attached hydrogens (tertiary/aromatic N) is 2. The SMILES string of the molecule is O=C(NC1CCC1)N1CCN(CCO)CC1. The molecule has 1 saturated carbocycles. The predicted molar refractivity (Wildman–Crippen MR) is 61.3 cm³/mol. The highest BCUT2D eigenvalue weighted by Crippen LogP contribution is 2.18. The van der Waals surface area contributed by atoms with Gasteiger partial charge in [0, 0.05) is 38.8 Å². The van der Waals surface area contributed by atoms with Crippen LogP contribution in [0.5, 0.6) is 0 Å². The number of β-amino-alcohol motifs (C(OH)–C–C–N with tert-alkyl or cyclic N) is 1. The van der Waals surface area contributed by atoms with Gasteiger partial charge in [-0.3, -0.25) is 4.90 Å². The van der Waals surface area contributed by atoms with Crippen molar-refractivity contribution in [3.63, 3.8) is 0 Å². The number of piperazine rings is 1. The molecule has 2 amide bonds. The van der Waals surface area contributed by atoms with E-state index in [1.165, 1.54) is 6.42 Å². The molecule has 16 heavy (non-hydrogen) atoms. The Labute approximate surface area is 96.4 Å². The van der Waals surface area contributed by atoms with E-state index in [4.69, 9.17) is 5.11 Å². The zero-order valence-electron chi connectivity index (χ0n) is 9.69. The summed E-state index contributed by atoms with van der Waals surface area (Å²) < 4.78 is 0. The van der Waals surface area contributed by atoms with Crippen LogP contribution in [-0.2, 0) is 0 Å². The molecule has 2 rings (SSSR count). The molecule has 1 aliphatic heterocycles. The highest BCUT2D eigenvalue weighted by Gasteiger charge is 2.25. The molecule has 0 aromatic carbocycles. The van der Waals surface area contributed by atoms with Crippen molar-refractivity contribution in [2.75, 3.05) is 39.3 Å². The molecule has 92 valence electrons. The van der Waals surface area contributed by atoms with E-state index < -0.39 is 0 Å². The lowest BCUT2D eigenvalue weighted by molar-refractivity contribution is 0.118. The van der Waals surface area contributed by atoms with Crippen LogP contribution in [0.2, 0.25) is 0 Å². The standard InChI is InChI=1S/C11H21N3O2/c15-9-8-13-4-6-14(7-5-13)11(16)12-10-2-1-3-10/h10,15H,1-9H2,(H,12,16). The summed E-state index contributed by atoms with van der Waals surface area (Å²) in [7, 11) is 0. The molecular weight excluding hydrogens is 206 g/mol. The number of nitrogens with one attached hydrogen (secondary N) is 1. The number of urea groups is 1. The lowest BCUT2D eigenvalue weighted by Gasteiger charge is -2.36. The number of carbonyl (C=O) groups is 1. The molecule has 5 heteroatoms. The minimum absolute atomic E-state index is 0.0911. The van der Waals surface area contributed by atoms with E-state index in [-0.39, 0.29) is 12.6 Å². The maximum atomic E-state index is 11.8. The first kappa shape index (κ1) is 11.7. The van der Waals surface area contributed by atoms with Crippen molar-refractivity contribution in [1.29, 1.82) is 0 Å². The van der Waals surface area contributed by atoms with Crippen LogP contribution in [0.25, 0.3) is 0 Å². The molecule has 5 nitrogen and oxygen atoms in total. The molecule has 0 atom stereocenters. The molecular formula is C11H21N3O2. The van der Waals surface area contributed by atoms with Crippen LogP contribution in [0, 0.1) is 0 Å². The van der Waals surface area contributed by atoms with E-state index in [0.29, 0.717) is 6.04 Å². The van der Waals surface area contributed by atoms with Crippen LogP contribution in [0.1, 0.15) is 19.3 Å². The fourth-order valence-electron chi connectivity index (χ4n) is 2.13. The summed E-state index contributed by atoms with van der Waals surface area (Å²) in [5, 5.41) is 11.9. The Balaban J connectivity index is 1.68. The molecule has 2 fully saturated rings. The van der Waals surface area contributed by atoms with Gasteiger partial charge in [-0.1, -0.05) is 0 Å². The highest BCUT2D eigenvalue weighted by atomic mass is 16.3. The van der Waals surface area contributed by atoms with E-state index >= 15 is 0 Å². The van der Waals surface area contributed by atoms with E-state index in [0.717, 1.165) is 45.6 Å². The second-order valence-electron chi connectivity index (χ2n) is 4.63. The fraction of sp³-hybridized carbons (Fsp3) is 0.909. The topological polar surface area (TPSA) is 55.8 Å². The van der Waals surface area contributed by atoms with Crippen LogP contribution in [0.15, 0.2) is 0 Å². The monoisotopic (exact) mass is 227 g/mol. The molecule has 0 bridgehead atoms. The van der Waals surface area contributed by atoms with Gasteiger partial charge in [0.15, 0.2) is 0 Å². The van der Waals surface area contributed by atoms with E-state index in [9.17, 15) is 4.79 Å². The molecule has 0 radical (unpaired) electrons. The van der Waals surface area contributed by atoms with Crippen LogP contribution in [0.3, 0.4) is 0 Å². The molecule has 2 N–H and O–H groups in total. The number of rotatable bonds is 3. The highest BCUT2D eigenvalue weighted by molar-refractivity contribution is 5.74. The van der Waals surface area contributed by atoms with Gasteiger partial charge in [0.2, 0.25) is 0 Å². The summed E-state index contributed by atoms with van der Waals surface area (Å²) in [4.78, 5) is 15.9. The first-order valence-electron chi connectivity index (χ1n) is 6.18. The third-order valence-corrected chi connectivity index (χ3v) is 3.51. The van der Waals surface area contributed by atoms with E-state index in [1.54, 1.807) is 0 Å². The van der Waals surface area contributed by atoms with Crippen LogP contribution in [-0.4, -0.2) is 66.3 Å². The average Bonchev–Trinajstić information content (AvgIpc) is 2.25. The van der Waals surface area contributed by atoms with E-state index in [1.807, 2.05) is 4.90 Å². The zero-order valence-corrected chi connectivity index (χ0v) is 9.69. The molecule has 0 spiro atoms. The molecule has 1 aliphatic carbocycles. The van der Waals surface area contributed by atoms with Crippen molar-refractivity contribution in [2.24, 2.45) is 0 Å².